The number of aromatic hydroxyl groups is 2. The fourth-order valence-corrected chi connectivity index (χ4v) is 4.61. The lowest BCUT2D eigenvalue weighted by Crippen LogP contribution is -2.30. The molecule has 1 aromatic carbocycles. The first-order valence-corrected chi connectivity index (χ1v) is 9.98. The highest BCUT2D eigenvalue weighted by atomic mass is 16.5. The fourth-order valence-electron chi connectivity index (χ4n) is 4.61. The van der Waals surface area contributed by atoms with Gasteiger partial charge < -0.3 is 24.7 Å². The van der Waals surface area contributed by atoms with Crippen LogP contribution in [0.25, 0.3) is 0 Å². The number of benzene rings is 1. The highest BCUT2D eigenvalue weighted by molar-refractivity contribution is 6.14. The van der Waals surface area contributed by atoms with Gasteiger partial charge in [-0.2, -0.15) is 0 Å². The Bertz CT molecular complexity index is 1030. The van der Waals surface area contributed by atoms with Crippen molar-refractivity contribution in [2.75, 3.05) is 36.5 Å². The first kappa shape index (κ1) is 17.8. The lowest BCUT2D eigenvalue weighted by Gasteiger charge is -2.31. The fraction of sp³-hybridized carbons (Fsp3) is 0.364. The Balaban J connectivity index is 1.53. The second-order valence-corrected chi connectivity index (χ2v) is 7.90. The number of phenolic OH excluding ortho intramolecular Hbond substituents is 2. The van der Waals surface area contributed by atoms with Gasteiger partial charge in [0, 0.05) is 62.2 Å². The number of hydrogen-bond donors (Lipinski definition) is 2. The van der Waals surface area contributed by atoms with Gasteiger partial charge in [0.05, 0.1) is 0 Å². The largest absolute Gasteiger partial charge is 0.508 e. The Morgan fingerprint density at radius 2 is 2.00 bits per heavy atom. The van der Waals surface area contributed by atoms with Crippen LogP contribution in [0.4, 0.5) is 11.5 Å². The first-order valence-electron chi connectivity index (χ1n) is 9.98. The minimum atomic E-state index is -0.364. The molecule has 0 radical (unpaired) electrons. The van der Waals surface area contributed by atoms with Crippen LogP contribution in [0.2, 0.25) is 0 Å². The van der Waals surface area contributed by atoms with E-state index in [2.05, 4.69) is 20.9 Å². The zero-order valence-corrected chi connectivity index (χ0v) is 16.3. The quantitative estimate of drug-likeness (QED) is 0.758. The maximum atomic E-state index is 12.8. The number of rotatable bonds is 2. The first-order chi connectivity index (χ1) is 14.0. The van der Waals surface area contributed by atoms with Crippen LogP contribution >= 0.6 is 0 Å². The summed E-state index contributed by atoms with van der Waals surface area (Å²) in [6, 6.07) is 4.56. The third-order valence-corrected chi connectivity index (χ3v) is 5.94. The molecule has 7 heteroatoms. The number of carbonyl (C=O) groups excluding carboxylic acids is 1. The van der Waals surface area contributed by atoms with Gasteiger partial charge in [-0.05, 0) is 31.4 Å². The number of likely N-dealkylation sites (N-methyl/N-ethyl adjacent to an activating group) is 1. The number of nitrogens with zero attached hydrogens (tertiary/aromatic N) is 3. The molecule has 150 valence electrons. The summed E-state index contributed by atoms with van der Waals surface area (Å²) in [5, 5.41) is 19.8. The molecule has 1 fully saturated rings. The molecule has 7 nitrogen and oxygen atoms in total. The summed E-state index contributed by atoms with van der Waals surface area (Å²) in [5.41, 5.74) is 2.39. The number of ether oxygens (including phenoxy) is 1. The third kappa shape index (κ3) is 2.88. The van der Waals surface area contributed by atoms with Gasteiger partial charge in [0.1, 0.15) is 28.6 Å². The summed E-state index contributed by atoms with van der Waals surface area (Å²) < 4.78 is 5.72. The molecule has 1 atom stereocenters. The molecule has 0 saturated carbocycles. The van der Waals surface area contributed by atoms with Crippen molar-refractivity contribution in [3.05, 3.63) is 47.4 Å². The highest BCUT2D eigenvalue weighted by Gasteiger charge is 2.36. The molecule has 1 aromatic heterocycles. The Labute approximate surface area is 168 Å². The predicted molar refractivity (Wildman–Crippen MR) is 109 cm³/mol. The maximum absolute atomic E-state index is 12.8. The summed E-state index contributed by atoms with van der Waals surface area (Å²) >= 11 is 0. The smallest absolute Gasteiger partial charge is 0.235 e. The number of piperidine rings is 1. The van der Waals surface area contributed by atoms with Crippen molar-refractivity contribution in [2.45, 2.75) is 25.2 Å². The predicted octanol–water partition coefficient (Wildman–Crippen LogP) is 3.18. The Morgan fingerprint density at radius 3 is 2.79 bits per heavy atom. The van der Waals surface area contributed by atoms with E-state index in [1.165, 1.54) is 31.0 Å². The van der Waals surface area contributed by atoms with Crippen molar-refractivity contribution in [1.82, 2.24) is 4.98 Å². The van der Waals surface area contributed by atoms with Crippen molar-refractivity contribution < 1.29 is 19.7 Å². The molecule has 1 unspecified atom stereocenters. The van der Waals surface area contributed by atoms with Crippen molar-refractivity contribution in [1.29, 1.82) is 0 Å². The molecule has 3 aliphatic heterocycles. The van der Waals surface area contributed by atoms with Crippen molar-refractivity contribution >= 4 is 17.3 Å². The number of aromatic nitrogens is 1. The lowest BCUT2D eigenvalue weighted by molar-refractivity contribution is 0.101. The molecule has 0 spiro atoms. The summed E-state index contributed by atoms with van der Waals surface area (Å²) in [6.07, 6.45) is 7.30. The monoisotopic (exact) mass is 393 g/mol. The summed E-state index contributed by atoms with van der Waals surface area (Å²) in [7, 11) is 2.00. The zero-order valence-electron chi connectivity index (χ0n) is 16.3. The van der Waals surface area contributed by atoms with Gasteiger partial charge in [0.25, 0.3) is 0 Å². The molecule has 2 N–H and O–H groups in total. The second kappa shape index (κ2) is 6.69. The molecule has 3 aliphatic rings. The minimum absolute atomic E-state index is 0.0513. The number of ketones is 1. The number of Topliss-reactive ketones (excluding diaryl/α,β-unsaturated/α-hetero) is 1. The van der Waals surface area contributed by atoms with E-state index >= 15 is 0 Å². The average Bonchev–Trinajstić information content (AvgIpc) is 3.19. The van der Waals surface area contributed by atoms with Crippen LogP contribution in [0.5, 0.6) is 17.2 Å². The molecule has 0 aliphatic carbocycles. The maximum Gasteiger partial charge on any atom is 0.235 e. The van der Waals surface area contributed by atoms with E-state index in [0.29, 0.717) is 6.54 Å². The number of pyridine rings is 1. The average molecular weight is 393 g/mol. The van der Waals surface area contributed by atoms with Crippen LogP contribution in [0, 0.1) is 0 Å². The normalized spacial score (nSPS) is 22.0. The number of phenols is 2. The van der Waals surface area contributed by atoms with E-state index in [0.717, 1.165) is 30.5 Å². The van der Waals surface area contributed by atoms with Crippen molar-refractivity contribution in [3.63, 3.8) is 0 Å². The number of fused-ring (bicyclic) bond motifs is 2. The van der Waals surface area contributed by atoms with E-state index in [4.69, 9.17) is 4.74 Å². The van der Waals surface area contributed by atoms with Crippen LogP contribution < -0.4 is 14.5 Å². The van der Waals surface area contributed by atoms with Gasteiger partial charge in [-0.25, -0.2) is 4.98 Å². The molecular formula is C22H23N3O4. The number of hydrogen-bond acceptors (Lipinski definition) is 7. The van der Waals surface area contributed by atoms with Crippen molar-refractivity contribution in [3.8, 4) is 17.2 Å². The lowest BCUT2D eigenvalue weighted by atomic mass is 9.97. The standard InChI is InChI=1S/C22H23N3O4/c1-24-12-13(9-18-21(28)20-16(27)10-14(26)11-17(20)29-18)19-15(5-6-23-22(19)24)25-7-3-2-4-8-25/h5-6,9-11,13,26-27H,2-4,7-8,12H2,1H3/b18-9-. The molecule has 0 amide bonds. The van der Waals surface area contributed by atoms with Gasteiger partial charge in [0.15, 0.2) is 5.76 Å². The number of allylic oxidation sites excluding steroid dienone is 1. The topological polar surface area (TPSA) is 86.1 Å². The van der Waals surface area contributed by atoms with E-state index in [1.807, 2.05) is 19.3 Å². The van der Waals surface area contributed by atoms with E-state index in [9.17, 15) is 15.0 Å². The molecule has 5 rings (SSSR count). The van der Waals surface area contributed by atoms with Crippen LogP contribution in [0.1, 0.15) is 41.1 Å². The third-order valence-electron chi connectivity index (χ3n) is 5.94. The van der Waals surface area contributed by atoms with Gasteiger partial charge in [-0.1, -0.05) is 0 Å². The molecule has 29 heavy (non-hydrogen) atoms. The zero-order chi connectivity index (χ0) is 20.1. The summed E-state index contributed by atoms with van der Waals surface area (Å²) in [5.74, 6) is 0.472. The van der Waals surface area contributed by atoms with Gasteiger partial charge in [-0.3, -0.25) is 4.79 Å². The Kier molecular flexibility index (Phi) is 4.12. The summed E-state index contributed by atoms with van der Waals surface area (Å²) in [6.45, 7) is 2.75. The number of anilines is 2. The summed E-state index contributed by atoms with van der Waals surface area (Å²) in [4.78, 5) is 21.9. The van der Waals surface area contributed by atoms with Crippen LogP contribution in [0.15, 0.2) is 36.2 Å². The minimum Gasteiger partial charge on any atom is -0.508 e. The molecule has 4 heterocycles. The van der Waals surface area contributed by atoms with E-state index in [1.54, 1.807) is 0 Å². The van der Waals surface area contributed by atoms with Gasteiger partial charge in [0.2, 0.25) is 5.78 Å². The SMILES string of the molecule is CN1CC(/C=C2\Oc3cc(O)cc(O)c3C2=O)c2c(N3CCCCC3)ccnc21. The Morgan fingerprint density at radius 1 is 1.21 bits per heavy atom. The van der Waals surface area contributed by atoms with E-state index in [-0.39, 0.29) is 40.3 Å². The number of carbonyl (C=O) groups is 1. The van der Waals surface area contributed by atoms with E-state index < -0.39 is 0 Å². The Hall–Kier alpha value is -3.22. The second-order valence-electron chi connectivity index (χ2n) is 7.90. The van der Waals surface area contributed by atoms with Gasteiger partial charge in [-0.15, -0.1) is 0 Å². The van der Waals surface area contributed by atoms with Crippen LogP contribution in [-0.2, 0) is 0 Å². The molecule has 2 aromatic rings. The van der Waals surface area contributed by atoms with Gasteiger partial charge >= 0.3 is 0 Å². The molecular weight excluding hydrogens is 370 g/mol. The molecule has 1 saturated heterocycles. The van der Waals surface area contributed by atoms with Crippen molar-refractivity contribution in [2.24, 2.45) is 0 Å². The van der Waals surface area contributed by atoms with Crippen LogP contribution in [-0.4, -0.2) is 47.7 Å². The molecule has 0 bridgehead atoms. The highest BCUT2D eigenvalue weighted by Crippen LogP contribution is 2.45. The van der Waals surface area contributed by atoms with Crippen LogP contribution in [0.3, 0.4) is 0 Å².